The summed E-state index contributed by atoms with van der Waals surface area (Å²) in [5.41, 5.74) is 4.13. The summed E-state index contributed by atoms with van der Waals surface area (Å²) >= 11 is 0. The maximum atomic E-state index is 6.42. The summed E-state index contributed by atoms with van der Waals surface area (Å²) in [5, 5.41) is 0. The van der Waals surface area contributed by atoms with Gasteiger partial charge in [0, 0.05) is 6.42 Å². The van der Waals surface area contributed by atoms with Gasteiger partial charge in [-0.1, -0.05) is 63.6 Å². The van der Waals surface area contributed by atoms with Gasteiger partial charge in [-0.3, -0.25) is 0 Å². The van der Waals surface area contributed by atoms with Gasteiger partial charge in [0.05, 0.1) is 6.10 Å². The SMILES string of the molecule is CCCCC(Oc1ccc(C(C)CC)cc1)OC1CCc2ccccc21. The maximum Gasteiger partial charge on any atom is 0.200 e. The number of rotatable bonds is 9. The van der Waals surface area contributed by atoms with Crippen LogP contribution >= 0.6 is 0 Å². The van der Waals surface area contributed by atoms with Crippen LogP contribution in [0.5, 0.6) is 5.75 Å². The Morgan fingerprint density at radius 2 is 1.81 bits per heavy atom. The van der Waals surface area contributed by atoms with E-state index in [2.05, 4.69) is 69.3 Å². The fourth-order valence-electron chi connectivity index (χ4n) is 3.63. The minimum Gasteiger partial charge on any atom is -0.465 e. The van der Waals surface area contributed by atoms with Crippen LogP contribution in [-0.2, 0) is 11.2 Å². The van der Waals surface area contributed by atoms with Gasteiger partial charge >= 0.3 is 0 Å². The zero-order valence-electron chi connectivity index (χ0n) is 16.4. The zero-order chi connectivity index (χ0) is 18.4. The van der Waals surface area contributed by atoms with Crippen molar-refractivity contribution in [2.75, 3.05) is 0 Å². The third kappa shape index (κ3) is 4.67. The summed E-state index contributed by atoms with van der Waals surface area (Å²) in [4.78, 5) is 0. The van der Waals surface area contributed by atoms with Gasteiger partial charge in [-0.25, -0.2) is 0 Å². The molecule has 2 aromatic rings. The topological polar surface area (TPSA) is 18.5 Å². The normalized spacial score (nSPS) is 18.3. The van der Waals surface area contributed by atoms with E-state index < -0.39 is 0 Å². The number of ether oxygens (including phenoxy) is 2. The highest BCUT2D eigenvalue weighted by atomic mass is 16.7. The fourth-order valence-corrected chi connectivity index (χ4v) is 3.63. The van der Waals surface area contributed by atoms with Gasteiger partial charge in [0.2, 0.25) is 0 Å². The molecule has 0 fully saturated rings. The average molecular weight is 353 g/mol. The lowest BCUT2D eigenvalue weighted by Crippen LogP contribution is -2.22. The van der Waals surface area contributed by atoms with Gasteiger partial charge < -0.3 is 9.47 Å². The van der Waals surface area contributed by atoms with E-state index in [1.165, 1.54) is 16.7 Å². The van der Waals surface area contributed by atoms with Gasteiger partial charge in [0.25, 0.3) is 0 Å². The molecule has 0 heterocycles. The van der Waals surface area contributed by atoms with Gasteiger partial charge in [-0.05, 0) is 60.4 Å². The lowest BCUT2D eigenvalue weighted by atomic mass is 9.99. The monoisotopic (exact) mass is 352 g/mol. The van der Waals surface area contributed by atoms with Crippen LogP contribution in [0.1, 0.15) is 81.6 Å². The molecule has 0 radical (unpaired) electrons. The molecule has 0 saturated carbocycles. The maximum absolute atomic E-state index is 6.42. The molecule has 0 N–H and O–H groups in total. The van der Waals surface area contributed by atoms with Crippen LogP contribution in [0.25, 0.3) is 0 Å². The summed E-state index contributed by atoms with van der Waals surface area (Å²) < 4.78 is 12.7. The number of hydrogen-bond acceptors (Lipinski definition) is 2. The first-order valence-electron chi connectivity index (χ1n) is 10.2. The molecule has 0 bridgehead atoms. The molecule has 0 aliphatic heterocycles. The molecule has 3 atom stereocenters. The van der Waals surface area contributed by atoms with E-state index in [0.717, 1.165) is 44.3 Å². The summed E-state index contributed by atoms with van der Waals surface area (Å²) in [5.74, 6) is 1.50. The molecule has 2 nitrogen and oxygen atoms in total. The van der Waals surface area contributed by atoms with Gasteiger partial charge in [-0.2, -0.15) is 0 Å². The predicted octanol–water partition coefficient (Wildman–Crippen LogP) is 6.80. The Kier molecular flexibility index (Phi) is 6.73. The van der Waals surface area contributed by atoms with E-state index in [9.17, 15) is 0 Å². The van der Waals surface area contributed by atoms with Crippen molar-refractivity contribution in [2.24, 2.45) is 0 Å². The summed E-state index contributed by atoms with van der Waals surface area (Å²) in [6.07, 6.45) is 6.49. The average Bonchev–Trinajstić information content (AvgIpc) is 3.09. The number of hydrogen-bond donors (Lipinski definition) is 0. The van der Waals surface area contributed by atoms with Crippen LogP contribution < -0.4 is 4.74 Å². The Morgan fingerprint density at radius 3 is 2.54 bits per heavy atom. The van der Waals surface area contributed by atoms with Gasteiger partial charge in [-0.15, -0.1) is 0 Å². The lowest BCUT2D eigenvalue weighted by molar-refractivity contribution is -0.124. The van der Waals surface area contributed by atoms with Crippen molar-refractivity contribution in [1.29, 1.82) is 0 Å². The number of aryl methyl sites for hydroxylation is 1. The molecule has 0 aromatic heterocycles. The van der Waals surface area contributed by atoms with Crippen LogP contribution in [0.2, 0.25) is 0 Å². The molecular weight excluding hydrogens is 320 g/mol. The van der Waals surface area contributed by atoms with Crippen molar-refractivity contribution in [1.82, 2.24) is 0 Å². The minimum absolute atomic E-state index is 0.160. The third-order valence-electron chi connectivity index (χ3n) is 5.52. The number of benzene rings is 2. The first-order valence-corrected chi connectivity index (χ1v) is 10.2. The molecule has 0 saturated heterocycles. The Morgan fingerprint density at radius 1 is 1.04 bits per heavy atom. The molecular formula is C24H32O2. The van der Waals surface area contributed by atoms with E-state index in [4.69, 9.17) is 9.47 Å². The highest BCUT2D eigenvalue weighted by molar-refractivity contribution is 5.33. The second-order valence-electron chi connectivity index (χ2n) is 7.43. The van der Waals surface area contributed by atoms with Crippen molar-refractivity contribution in [3.8, 4) is 5.75 Å². The largest absolute Gasteiger partial charge is 0.465 e. The molecule has 2 heteroatoms. The smallest absolute Gasteiger partial charge is 0.200 e. The van der Waals surface area contributed by atoms with Crippen LogP contribution in [-0.4, -0.2) is 6.29 Å². The predicted molar refractivity (Wildman–Crippen MR) is 108 cm³/mol. The van der Waals surface area contributed by atoms with E-state index in [1.54, 1.807) is 0 Å². The van der Waals surface area contributed by atoms with E-state index in [1.807, 2.05) is 0 Å². The van der Waals surface area contributed by atoms with Gasteiger partial charge in [0.1, 0.15) is 5.75 Å². The molecule has 2 aromatic carbocycles. The zero-order valence-corrected chi connectivity index (χ0v) is 16.4. The lowest BCUT2D eigenvalue weighted by Gasteiger charge is -2.24. The number of fused-ring (bicyclic) bond motifs is 1. The van der Waals surface area contributed by atoms with Crippen LogP contribution in [0, 0.1) is 0 Å². The van der Waals surface area contributed by atoms with Crippen LogP contribution in [0.4, 0.5) is 0 Å². The molecule has 3 rings (SSSR count). The molecule has 140 valence electrons. The van der Waals surface area contributed by atoms with E-state index in [-0.39, 0.29) is 12.4 Å². The number of unbranched alkanes of at least 4 members (excludes halogenated alkanes) is 1. The highest BCUT2D eigenvalue weighted by Gasteiger charge is 2.26. The standard InChI is InChI=1S/C24H32O2/c1-4-6-11-24(25-21-15-12-19(13-16-21)18(3)5-2)26-23-17-14-20-9-7-8-10-22(20)23/h7-10,12-13,15-16,18,23-24H,4-6,11,14,17H2,1-3H3. The van der Waals surface area contributed by atoms with Crippen molar-refractivity contribution < 1.29 is 9.47 Å². The molecule has 3 unspecified atom stereocenters. The second kappa shape index (κ2) is 9.23. The van der Waals surface area contributed by atoms with Crippen molar-refractivity contribution in [3.63, 3.8) is 0 Å². The first kappa shape index (κ1) is 19.0. The summed E-state index contributed by atoms with van der Waals surface area (Å²) in [6.45, 7) is 6.70. The van der Waals surface area contributed by atoms with Crippen molar-refractivity contribution >= 4 is 0 Å². The highest BCUT2D eigenvalue weighted by Crippen LogP contribution is 2.35. The summed E-state index contributed by atoms with van der Waals surface area (Å²) in [7, 11) is 0. The summed E-state index contributed by atoms with van der Waals surface area (Å²) in [6, 6.07) is 17.2. The van der Waals surface area contributed by atoms with Crippen LogP contribution in [0.15, 0.2) is 48.5 Å². The molecule has 1 aliphatic rings. The molecule has 0 spiro atoms. The Balaban J connectivity index is 1.66. The Bertz CT molecular complexity index is 677. The van der Waals surface area contributed by atoms with Crippen molar-refractivity contribution in [2.45, 2.75) is 77.6 Å². The molecule has 0 amide bonds. The molecule has 1 aliphatic carbocycles. The fraction of sp³-hybridized carbons (Fsp3) is 0.500. The molecule has 26 heavy (non-hydrogen) atoms. The van der Waals surface area contributed by atoms with Crippen molar-refractivity contribution in [3.05, 3.63) is 65.2 Å². The van der Waals surface area contributed by atoms with Crippen LogP contribution in [0.3, 0.4) is 0 Å². The Hall–Kier alpha value is -1.80. The van der Waals surface area contributed by atoms with E-state index >= 15 is 0 Å². The quantitative estimate of drug-likeness (QED) is 0.462. The third-order valence-corrected chi connectivity index (χ3v) is 5.52. The second-order valence-corrected chi connectivity index (χ2v) is 7.43. The minimum atomic E-state index is -0.180. The van der Waals surface area contributed by atoms with Gasteiger partial charge in [0.15, 0.2) is 6.29 Å². The first-order chi connectivity index (χ1) is 12.7. The van der Waals surface area contributed by atoms with E-state index in [0.29, 0.717) is 5.92 Å². The Labute approximate surface area is 158 Å².